The number of anilines is 3. The van der Waals surface area contributed by atoms with Gasteiger partial charge in [-0.1, -0.05) is 0 Å². The maximum atomic E-state index is 12.8. The average Bonchev–Trinajstić information content (AvgIpc) is 3.36. The van der Waals surface area contributed by atoms with Crippen LogP contribution in [0.5, 0.6) is 5.75 Å². The molecule has 0 aliphatic rings. The minimum atomic E-state index is -4.81. The smallest absolute Gasteiger partial charge is 0.406 e. The molecule has 4 aromatic rings. The van der Waals surface area contributed by atoms with Crippen LogP contribution in [0, 0.1) is 11.3 Å². The highest BCUT2D eigenvalue weighted by molar-refractivity contribution is 7.21. The van der Waals surface area contributed by atoms with E-state index in [1.165, 1.54) is 23.5 Å². The third-order valence-corrected chi connectivity index (χ3v) is 6.16. The van der Waals surface area contributed by atoms with Gasteiger partial charge in [0.15, 0.2) is 0 Å². The third-order valence-electron chi connectivity index (χ3n) is 4.38. The molecule has 0 fully saturated rings. The predicted octanol–water partition coefficient (Wildman–Crippen LogP) is 5.21. The Morgan fingerprint density at radius 3 is 2.50 bits per heavy atom. The Labute approximate surface area is 186 Å². The first-order valence-electron chi connectivity index (χ1n) is 8.79. The molecule has 0 saturated heterocycles. The van der Waals surface area contributed by atoms with Gasteiger partial charge in [0.05, 0.1) is 5.69 Å². The first kappa shape index (κ1) is 21.4. The van der Waals surface area contributed by atoms with Gasteiger partial charge in [-0.15, -0.1) is 24.5 Å². The first-order chi connectivity index (χ1) is 15.2. The number of nitriles is 1. The Morgan fingerprint density at radius 1 is 1.19 bits per heavy atom. The van der Waals surface area contributed by atoms with E-state index in [2.05, 4.69) is 15.0 Å². The monoisotopic (exact) mass is 475 g/mol. The van der Waals surface area contributed by atoms with Gasteiger partial charge in [0.1, 0.15) is 32.9 Å². The van der Waals surface area contributed by atoms with Crippen LogP contribution in [0.4, 0.5) is 30.4 Å². The van der Waals surface area contributed by atoms with Gasteiger partial charge in [-0.3, -0.25) is 4.79 Å². The predicted molar refractivity (Wildman–Crippen MR) is 118 cm³/mol. The van der Waals surface area contributed by atoms with Crippen molar-refractivity contribution in [2.45, 2.75) is 6.36 Å². The lowest BCUT2D eigenvalue weighted by atomic mass is 9.99. The van der Waals surface area contributed by atoms with Crippen LogP contribution in [0.25, 0.3) is 21.3 Å². The fraction of sp³-hybridized carbons (Fsp3) is 0.0500. The van der Waals surface area contributed by atoms with E-state index in [4.69, 9.17) is 11.5 Å². The molecule has 3 aromatic heterocycles. The minimum absolute atomic E-state index is 0.0228. The number of hydrogen-bond donors (Lipinski definition) is 3. The molecular weight excluding hydrogens is 463 g/mol. The van der Waals surface area contributed by atoms with Crippen molar-refractivity contribution in [1.82, 2.24) is 4.98 Å². The van der Waals surface area contributed by atoms with Crippen LogP contribution in [0.15, 0.2) is 41.1 Å². The Kier molecular flexibility index (Phi) is 5.37. The zero-order valence-corrected chi connectivity index (χ0v) is 17.5. The van der Waals surface area contributed by atoms with E-state index < -0.39 is 18.0 Å². The van der Waals surface area contributed by atoms with Crippen LogP contribution in [0.3, 0.4) is 0 Å². The van der Waals surface area contributed by atoms with Crippen molar-refractivity contribution in [2.24, 2.45) is 0 Å². The summed E-state index contributed by atoms with van der Waals surface area (Å²) in [5.41, 5.74) is 14.0. The second kappa shape index (κ2) is 8.03. The number of nitrogens with zero attached hydrogens (tertiary/aromatic N) is 2. The number of halogens is 3. The Hall–Kier alpha value is -3.82. The van der Waals surface area contributed by atoms with Gasteiger partial charge in [0, 0.05) is 16.6 Å². The lowest BCUT2D eigenvalue weighted by Gasteiger charge is -2.10. The highest BCUT2D eigenvalue weighted by Crippen LogP contribution is 2.43. The standard InChI is InChI=1S/C20H12F3N5O2S2/c21-20(22,23)30-11-3-1-10(2-4-11)27-18(29)16-15(25)14-13(9-5-6-31-8-9)12(7-24)17(26)28-19(14)32-16/h1-6,8H,25H2,(H2,26,28)(H,27,29). The molecule has 0 radical (unpaired) electrons. The molecule has 32 heavy (non-hydrogen) atoms. The maximum Gasteiger partial charge on any atom is 0.573 e. The highest BCUT2D eigenvalue weighted by atomic mass is 32.1. The fourth-order valence-corrected chi connectivity index (χ4v) is 4.73. The van der Waals surface area contributed by atoms with E-state index >= 15 is 0 Å². The zero-order chi connectivity index (χ0) is 23.0. The van der Waals surface area contributed by atoms with Crippen molar-refractivity contribution in [1.29, 1.82) is 5.26 Å². The van der Waals surface area contributed by atoms with Crippen molar-refractivity contribution in [3.05, 3.63) is 51.5 Å². The Morgan fingerprint density at radius 2 is 1.91 bits per heavy atom. The van der Waals surface area contributed by atoms with E-state index in [0.29, 0.717) is 15.8 Å². The number of rotatable bonds is 4. The van der Waals surface area contributed by atoms with E-state index in [1.807, 2.05) is 16.8 Å². The molecule has 162 valence electrons. The molecular formula is C20H12F3N5O2S2. The normalized spacial score (nSPS) is 11.3. The lowest BCUT2D eigenvalue weighted by molar-refractivity contribution is -0.274. The van der Waals surface area contributed by atoms with Crippen molar-refractivity contribution in [3.8, 4) is 22.9 Å². The second-order valence-electron chi connectivity index (χ2n) is 6.42. The van der Waals surface area contributed by atoms with Crippen LogP contribution in [-0.4, -0.2) is 17.3 Å². The summed E-state index contributed by atoms with van der Waals surface area (Å²) in [5.74, 6) is -0.973. The van der Waals surface area contributed by atoms with Gasteiger partial charge >= 0.3 is 6.36 Å². The molecule has 0 saturated carbocycles. The van der Waals surface area contributed by atoms with Gasteiger partial charge < -0.3 is 21.5 Å². The topological polar surface area (TPSA) is 127 Å². The number of alkyl halides is 3. The molecule has 4 rings (SSSR count). The number of nitrogen functional groups attached to an aromatic ring is 2. The average molecular weight is 475 g/mol. The summed E-state index contributed by atoms with van der Waals surface area (Å²) >= 11 is 2.42. The van der Waals surface area contributed by atoms with Gasteiger partial charge in [0.25, 0.3) is 5.91 Å². The quantitative estimate of drug-likeness (QED) is 0.372. The number of amides is 1. The number of fused-ring (bicyclic) bond motifs is 1. The van der Waals surface area contributed by atoms with E-state index in [1.54, 1.807) is 6.07 Å². The second-order valence-corrected chi connectivity index (χ2v) is 8.20. The first-order valence-corrected chi connectivity index (χ1v) is 10.5. The molecule has 0 spiro atoms. The van der Waals surface area contributed by atoms with E-state index in [0.717, 1.165) is 29.0 Å². The van der Waals surface area contributed by atoms with E-state index in [-0.39, 0.29) is 27.6 Å². The summed E-state index contributed by atoms with van der Waals surface area (Å²) in [5, 5.41) is 16.3. The number of carbonyl (C=O) groups excluding carboxylic acids is 1. The summed E-state index contributed by atoms with van der Waals surface area (Å²) in [6, 6.07) is 8.54. The Balaban J connectivity index is 1.71. The zero-order valence-electron chi connectivity index (χ0n) is 15.9. The number of hydrogen-bond acceptors (Lipinski definition) is 8. The van der Waals surface area contributed by atoms with Crippen molar-refractivity contribution in [2.75, 3.05) is 16.8 Å². The summed E-state index contributed by atoms with van der Waals surface area (Å²) in [6.07, 6.45) is -4.81. The number of pyridine rings is 1. The van der Waals surface area contributed by atoms with Crippen LogP contribution in [0.1, 0.15) is 15.2 Å². The summed E-state index contributed by atoms with van der Waals surface area (Å²) < 4.78 is 40.7. The van der Waals surface area contributed by atoms with Crippen LogP contribution < -0.4 is 21.5 Å². The summed E-state index contributed by atoms with van der Waals surface area (Å²) in [4.78, 5) is 17.6. The molecule has 1 amide bonds. The van der Waals surface area contributed by atoms with Crippen LogP contribution >= 0.6 is 22.7 Å². The molecule has 12 heteroatoms. The highest BCUT2D eigenvalue weighted by Gasteiger charge is 2.31. The van der Waals surface area contributed by atoms with Crippen LogP contribution in [0.2, 0.25) is 0 Å². The molecule has 0 aliphatic carbocycles. The number of nitrogens with two attached hydrogens (primary N) is 2. The summed E-state index contributed by atoms with van der Waals surface area (Å²) in [6.45, 7) is 0. The lowest BCUT2D eigenvalue weighted by Crippen LogP contribution is -2.17. The fourth-order valence-electron chi connectivity index (χ4n) is 3.08. The molecule has 0 unspecified atom stereocenters. The van der Waals surface area contributed by atoms with Gasteiger partial charge in [0.2, 0.25) is 0 Å². The molecule has 0 bridgehead atoms. The molecule has 7 nitrogen and oxygen atoms in total. The Bertz CT molecular complexity index is 1360. The van der Waals surface area contributed by atoms with Gasteiger partial charge in [-0.05, 0) is 46.7 Å². The van der Waals surface area contributed by atoms with Crippen molar-refractivity contribution < 1.29 is 22.7 Å². The third kappa shape index (κ3) is 4.03. The molecule has 0 aliphatic heterocycles. The largest absolute Gasteiger partial charge is 0.573 e. The number of ether oxygens (including phenoxy) is 1. The minimum Gasteiger partial charge on any atom is -0.406 e. The van der Waals surface area contributed by atoms with Crippen molar-refractivity contribution >= 4 is 56.0 Å². The maximum absolute atomic E-state index is 12.8. The number of nitrogens with one attached hydrogen (secondary N) is 1. The SMILES string of the molecule is N#Cc1c(N)nc2sc(C(=O)Nc3ccc(OC(F)(F)F)cc3)c(N)c2c1-c1ccsc1. The molecule has 3 heterocycles. The van der Waals surface area contributed by atoms with Gasteiger partial charge in [-0.2, -0.15) is 16.6 Å². The van der Waals surface area contributed by atoms with Crippen LogP contribution in [-0.2, 0) is 0 Å². The van der Waals surface area contributed by atoms with Crippen molar-refractivity contribution in [3.63, 3.8) is 0 Å². The van der Waals surface area contributed by atoms with Gasteiger partial charge in [-0.25, -0.2) is 4.98 Å². The molecule has 1 aromatic carbocycles. The van der Waals surface area contributed by atoms with E-state index in [9.17, 15) is 23.2 Å². The molecule has 0 atom stereocenters. The summed E-state index contributed by atoms with van der Waals surface area (Å²) in [7, 11) is 0. The number of benzene rings is 1. The number of aromatic nitrogens is 1. The number of thiophene rings is 2. The molecule has 5 N–H and O–H groups in total. The number of carbonyl (C=O) groups is 1.